The summed E-state index contributed by atoms with van der Waals surface area (Å²) in [7, 11) is 0. The number of allylic oxidation sites excluding steroid dienone is 1. The number of nitrogens with zero attached hydrogens (tertiary/aromatic N) is 2. The van der Waals surface area contributed by atoms with Gasteiger partial charge in [0, 0.05) is 52.8 Å². The minimum absolute atomic E-state index is 0.0504. The first-order chi connectivity index (χ1) is 16.3. The molecule has 2 aromatic carbocycles. The number of rotatable bonds is 4. The molecule has 1 saturated heterocycles. The van der Waals surface area contributed by atoms with Crippen LogP contribution in [0.4, 0.5) is 8.78 Å². The maximum absolute atomic E-state index is 13.7. The predicted molar refractivity (Wildman–Crippen MR) is 129 cm³/mol. The fourth-order valence-corrected chi connectivity index (χ4v) is 5.74. The monoisotopic (exact) mass is 518 g/mol. The molecule has 2 heterocycles. The van der Waals surface area contributed by atoms with E-state index in [2.05, 4.69) is 4.98 Å². The van der Waals surface area contributed by atoms with E-state index < -0.39 is 11.6 Å². The molecule has 174 valence electrons. The Hall–Kier alpha value is -2.47. The van der Waals surface area contributed by atoms with Crippen LogP contribution in [0.2, 0.25) is 15.1 Å². The third-order valence-corrected chi connectivity index (χ3v) is 7.42. The Labute approximate surface area is 211 Å². The Morgan fingerprint density at radius 2 is 1.68 bits per heavy atom. The van der Waals surface area contributed by atoms with Crippen molar-refractivity contribution in [2.45, 2.75) is 18.4 Å². The van der Waals surface area contributed by atoms with Gasteiger partial charge >= 0.3 is 0 Å². The molecule has 0 N–H and O–H groups in total. The maximum Gasteiger partial charge on any atom is 0.230 e. The highest BCUT2D eigenvalue weighted by Gasteiger charge is 2.48. The number of amides is 1. The zero-order valence-corrected chi connectivity index (χ0v) is 20.0. The van der Waals surface area contributed by atoms with E-state index in [-0.39, 0.29) is 36.1 Å². The predicted octanol–water partition coefficient (Wildman–Crippen LogP) is 7.03. The Morgan fingerprint density at radius 3 is 2.38 bits per heavy atom. The van der Waals surface area contributed by atoms with Crippen molar-refractivity contribution in [2.24, 2.45) is 11.8 Å². The van der Waals surface area contributed by atoms with Gasteiger partial charge in [0.25, 0.3) is 0 Å². The Kier molecular flexibility index (Phi) is 6.36. The van der Waals surface area contributed by atoms with Gasteiger partial charge in [0.1, 0.15) is 0 Å². The SMILES string of the molecule is O=C1[C@@H]2C=C[C@H](c3ccc(Cl)cc3Cl)[C@H](c3ccc(Cl)cn3)[C@@H]2CN1Cc1ccc(F)c(F)c1. The molecule has 1 fully saturated rings. The van der Waals surface area contributed by atoms with Gasteiger partial charge in [-0.3, -0.25) is 9.78 Å². The van der Waals surface area contributed by atoms with E-state index in [9.17, 15) is 13.6 Å². The highest BCUT2D eigenvalue weighted by molar-refractivity contribution is 6.35. The summed E-state index contributed by atoms with van der Waals surface area (Å²) < 4.78 is 27.1. The fraction of sp³-hybridized carbons (Fsp3) is 0.231. The number of pyridine rings is 1. The standard InChI is InChI=1S/C26H19Cl3F2N2O/c27-15-2-4-17(21(29)10-15)18-5-6-19-20(25(18)24-8-3-16(28)11-32-24)13-33(26(19)34)12-14-1-7-22(30)23(31)9-14/h1-11,18-20,25H,12-13H2/t18-,19-,20-,25+/m1/s1. The summed E-state index contributed by atoms with van der Waals surface area (Å²) in [6, 6.07) is 12.8. The first kappa shape index (κ1) is 23.3. The van der Waals surface area contributed by atoms with Gasteiger partial charge in [0.2, 0.25) is 5.91 Å². The number of aromatic nitrogens is 1. The minimum atomic E-state index is -0.929. The van der Waals surface area contributed by atoms with E-state index in [0.717, 1.165) is 23.4 Å². The summed E-state index contributed by atoms with van der Waals surface area (Å²) >= 11 is 18.8. The molecule has 0 saturated carbocycles. The fourth-order valence-electron chi connectivity index (χ4n) is 5.10. The summed E-state index contributed by atoms with van der Waals surface area (Å²) in [5, 5.41) is 1.61. The van der Waals surface area contributed by atoms with Gasteiger partial charge in [0.15, 0.2) is 11.6 Å². The molecule has 1 aliphatic carbocycles. The molecule has 3 nitrogen and oxygen atoms in total. The zero-order valence-electron chi connectivity index (χ0n) is 17.8. The number of carbonyl (C=O) groups excluding carboxylic acids is 1. The van der Waals surface area contributed by atoms with E-state index in [1.165, 1.54) is 6.07 Å². The molecule has 3 aromatic rings. The van der Waals surface area contributed by atoms with E-state index in [1.54, 1.807) is 29.3 Å². The minimum Gasteiger partial charge on any atom is -0.338 e. The van der Waals surface area contributed by atoms with Gasteiger partial charge in [-0.1, -0.05) is 59.1 Å². The maximum atomic E-state index is 13.7. The van der Waals surface area contributed by atoms with Crippen LogP contribution < -0.4 is 0 Å². The van der Waals surface area contributed by atoms with Gasteiger partial charge in [-0.15, -0.1) is 0 Å². The van der Waals surface area contributed by atoms with Gasteiger partial charge in [0.05, 0.1) is 10.9 Å². The topological polar surface area (TPSA) is 33.2 Å². The molecular weight excluding hydrogens is 501 g/mol. The highest BCUT2D eigenvalue weighted by atomic mass is 35.5. The van der Waals surface area contributed by atoms with Crippen LogP contribution in [0.3, 0.4) is 0 Å². The third-order valence-electron chi connectivity index (χ3n) is 6.63. The molecule has 0 spiro atoms. The number of hydrogen-bond donors (Lipinski definition) is 0. The first-order valence-electron chi connectivity index (χ1n) is 10.8. The molecule has 34 heavy (non-hydrogen) atoms. The normalized spacial score (nSPS) is 23.9. The van der Waals surface area contributed by atoms with Crippen molar-refractivity contribution >= 4 is 40.7 Å². The Bertz CT molecular complexity index is 1280. The number of fused-ring (bicyclic) bond motifs is 1. The summed E-state index contributed by atoms with van der Waals surface area (Å²) in [6.45, 7) is 0.646. The van der Waals surface area contributed by atoms with Crippen molar-refractivity contribution < 1.29 is 13.6 Å². The van der Waals surface area contributed by atoms with E-state index in [4.69, 9.17) is 34.8 Å². The molecule has 5 rings (SSSR count). The molecule has 0 bridgehead atoms. The summed E-state index contributed by atoms with van der Waals surface area (Å²) in [5.41, 5.74) is 2.24. The molecular formula is C26H19Cl3F2N2O. The molecule has 4 atom stereocenters. The molecule has 1 aromatic heterocycles. The molecule has 8 heteroatoms. The second-order valence-electron chi connectivity index (χ2n) is 8.66. The molecule has 0 radical (unpaired) electrons. The van der Waals surface area contributed by atoms with Gasteiger partial charge in [-0.25, -0.2) is 8.78 Å². The van der Waals surface area contributed by atoms with Crippen LogP contribution in [0.5, 0.6) is 0 Å². The lowest BCUT2D eigenvalue weighted by molar-refractivity contribution is -0.130. The molecule has 0 unspecified atom stereocenters. The Morgan fingerprint density at radius 1 is 0.912 bits per heavy atom. The summed E-state index contributed by atoms with van der Waals surface area (Å²) in [5.74, 6) is -2.61. The molecule has 1 amide bonds. The van der Waals surface area contributed by atoms with Crippen molar-refractivity contribution in [3.63, 3.8) is 0 Å². The van der Waals surface area contributed by atoms with Crippen LogP contribution in [0, 0.1) is 23.5 Å². The summed E-state index contributed by atoms with van der Waals surface area (Å²) in [6.07, 6.45) is 5.54. The van der Waals surface area contributed by atoms with Crippen molar-refractivity contribution in [2.75, 3.05) is 6.54 Å². The van der Waals surface area contributed by atoms with Crippen molar-refractivity contribution in [1.29, 1.82) is 0 Å². The van der Waals surface area contributed by atoms with Gasteiger partial charge in [-0.05, 0) is 47.5 Å². The van der Waals surface area contributed by atoms with Gasteiger partial charge in [-0.2, -0.15) is 0 Å². The number of likely N-dealkylation sites (tertiary alicyclic amines) is 1. The van der Waals surface area contributed by atoms with E-state index >= 15 is 0 Å². The quantitative estimate of drug-likeness (QED) is 0.347. The smallest absolute Gasteiger partial charge is 0.230 e. The average Bonchev–Trinajstić information content (AvgIpc) is 3.12. The lowest BCUT2D eigenvalue weighted by Crippen LogP contribution is -2.30. The lowest BCUT2D eigenvalue weighted by atomic mass is 9.68. The Balaban J connectivity index is 1.51. The average molecular weight is 520 g/mol. The van der Waals surface area contributed by atoms with Crippen LogP contribution in [0.1, 0.15) is 28.7 Å². The molecule has 1 aliphatic heterocycles. The third kappa shape index (κ3) is 4.33. The van der Waals surface area contributed by atoms with Crippen LogP contribution in [0.15, 0.2) is 66.9 Å². The molecule has 2 aliphatic rings. The van der Waals surface area contributed by atoms with E-state index in [1.807, 2.05) is 24.3 Å². The highest BCUT2D eigenvalue weighted by Crippen LogP contribution is 2.50. The number of carbonyl (C=O) groups is 1. The number of hydrogen-bond acceptors (Lipinski definition) is 2. The number of benzene rings is 2. The van der Waals surface area contributed by atoms with Crippen molar-refractivity contribution in [1.82, 2.24) is 9.88 Å². The largest absolute Gasteiger partial charge is 0.338 e. The summed E-state index contributed by atoms with van der Waals surface area (Å²) in [4.78, 5) is 19.6. The van der Waals surface area contributed by atoms with Crippen LogP contribution in [0.25, 0.3) is 0 Å². The van der Waals surface area contributed by atoms with Crippen molar-refractivity contribution in [3.05, 3.63) is 110 Å². The van der Waals surface area contributed by atoms with Crippen LogP contribution in [-0.4, -0.2) is 22.3 Å². The second kappa shape index (κ2) is 9.29. The first-order valence-corrected chi connectivity index (χ1v) is 11.9. The zero-order chi connectivity index (χ0) is 24.0. The second-order valence-corrected chi connectivity index (χ2v) is 9.94. The number of halogens is 5. The van der Waals surface area contributed by atoms with Crippen molar-refractivity contribution in [3.8, 4) is 0 Å². The van der Waals surface area contributed by atoms with Gasteiger partial charge < -0.3 is 4.90 Å². The van der Waals surface area contributed by atoms with Crippen LogP contribution in [-0.2, 0) is 11.3 Å². The van der Waals surface area contributed by atoms with Crippen LogP contribution >= 0.6 is 34.8 Å². The van der Waals surface area contributed by atoms with E-state index in [0.29, 0.717) is 27.2 Å². The lowest BCUT2D eigenvalue weighted by Gasteiger charge is -2.35.